The van der Waals surface area contributed by atoms with Crippen LogP contribution in [0.4, 0.5) is 0 Å². The molecule has 0 atom stereocenters. The molecule has 0 amide bonds. The van der Waals surface area contributed by atoms with E-state index in [0.717, 1.165) is 18.8 Å². The van der Waals surface area contributed by atoms with Gasteiger partial charge in [-0.15, -0.1) is 5.10 Å². The van der Waals surface area contributed by atoms with Gasteiger partial charge in [0.05, 0.1) is 25.4 Å². The highest BCUT2D eigenvalue weighted by atomic mass is 16.3. The monoisotopic (exact) mass is 236 g/mol. The molecule has 2 aromatic rings. The van der Waals surface area contributed by atoms with Crippen LogP contribution in [-0.4, -0.2) is 43.0 Å². The summed E-state index contributed by atoms with van der Waals surface area (Å²) in [6.07, 6.45) is 5.52. The molecule has 17 heavy (non-hydrogen) atoms. The van der Waals surface area contributed by atoms with Crippen molar-refractivity contribution in [2.24, 2.45) is 0 Å². The van der Waals surface area contributed by atoms with E-state index in [9.17, 15) is 0 Å². The SMILES string of the molecule is OCCn1cc(CNCCn2cccn2)nn1. The lowest BCUT2D eigenvalue weighted by molar-refractivity contribution is 0.268. The normalized spacial score (nSPS) is 10.9. The summed E-state index contributed by atoms with van der Waals surface area (Å²) < 4.78 is 3.50. The second-order valence-electron chi connectivity index (χ2n) is 3.64. The maximum Gasteiger partial charge on any atom is 0.0964 e. The van der Waals surface area contributed by atoms with Gasteiger partial charge in [0.15, 0.2) is 0 Å². The second-order valence-corrected chi connectivity index (χ2v) is 3.64. The van der Waals surface area contributed by atoms with Crippen molar-refractivity contribution in [1.82, 2.24) is 30.1 Å². The Kier molecular flexibility index (Phi) is 4.23. The van der Waals surface area contributed by atoms with Gasteiger partial charge < -0.3 is 10.4 Å². The highest BCUT2D eigenvalue weighted by Crippen LogP contribution is 1.92. The molecule has 0 spiro atoms. The first kappa shape index (κ1) is 11.7. The molecule has 0 aliphatic heterocycles. The molecule has 0 unspecified atom stereocenters. The van der Waals surface area contributed by atoms with Gasteiger partial charge in [-0.25, -0.2) is 4.68 Å². The Balaban J connectivity index is 1.67. The molecular formula is C10H16N6O. The smallest absolute Gasteiger partial charge is 0.0964 e. The van der Waals surface area contributed by atoms with Crippen molar-refractivity contribution in [3.63, 3.8) is 0 Å². The van der Waals surface area contributed by atoms with Crippen LogP contribution in [0.2, 0.25) is 0 Å². The lowest BCUT2D eigenvalue weighted by Crippen LogP contribution is -2.19. The summed E-state index contributed by atoms with van der Waals surface area (Å²) in [4.78, 5) is 0. The molecule has 7 heteroatoms. The molecule has 2 rings (SSSR count). The zero-order chi connectivity index (χ0) is 11.9. The van der Waals surface area contributed by atoms with E-state index in [1.54, 1.807) is 10.9 Å². The molecule has 0 radical (unpaired) electrons. The van der Waals surface area contributed by atoms with Crippen LogP contribution in [0.1, 0.15) is 5.69 Å². The minimum Gasteiger partial charge on any atom is -0.394 e. The van der Waals surface area contributed by atoms with Gasteiger partial charge in [-0.05, 0) is 6.07 Å². The molecule has 2 heterocycles. The molecule has 0 aromatic carbocycles. The van der Waals surface area contributed by atoms with E-state index in [-0.39, 0.29) is 6.61 Å². The molecule has 0 fully saturated rings. The number of nitrogens with one attached hydrogen (secondary N) is 1. The van der Waals surface area contributed by atoms with Crippen molar-refractivity contribution in [3.05, 3.63) is 30.4 Å². The maximum atomic E-state index is 8.73. The van der Waals surface area contributed by atoms with E-state index in [1.807, 2.05) is 23.1 Å². The topological polar surface area (TPSA) is 80.8 Å². The van der Waals surface area contributed by atoms with Crippen LogP contribution in [0.15, 0.2) is 24.7 Å². The summed E-state index contributed by atoms with van der Waals surface area (Å²) in [5, 5.41) is 24.0. The Morgan fingerprint density at radius 3 is 3.00 bits per heavy atom. The van der Waals surface area contributed by atoms with Gasteiger partial charge >= 0.3 is 0 Å². The van der Waals surface area contributed by atoms with E-state index >= 15 is 0 Å². The average Bonchev–Trinajstić information content (AvgIpc) is 2.96. The van der Waals surface area contributed by atoms with Crippen molar-refractivity contribution in [2.75, 3.05) is 13.2 Å². The first-order valence-corrected chi connectivity index (χ1v) is 5.56. The fourth-order valence-electron chi connectivity index (χ4n) is 1.47. The largest absolute Gasteiger partial charge is 0.394 e. The summed E-state index contributed by atoms with van der Waals surface area (Å²) in [6, 6.07) is 1.90. The van der Waals surface area contributed by atoms with Gasteiger partial charge in [0.25, 0.3) is 0 Å². The molecular weight excluding hydrogens is 220 g/mol. The number of aromatic nitrogens is 5. The van der Waals surface area contributed by atoms with Crippen LogP contribution < -0.4 is 5.32 Å². The van der Waals surface area contributed by atoms with Crippen LogP contribution in [0.25, 0.3) is 0 Å². The predicted molar refractivity (Wildman–Crippen MR) is 61.0 cm³/mol. The van der Waals surface area contributed by atoms with Crippen LogP contribution in [0.3, 0.4) is 0 Å². The zero-order valence-corrected chi connectivity index (χ0v) is 9.53. The molecule has 92 valence electrons. The van der Waals surface area contributed by atoms with Gasteiger partial charge in [0.2, 0.25) is 0 Å². The number of aliphatic hydroxyl groups is 1. The predicted octanol–water partition coefficient (Wildman–Crippen LogP) is -0.743. The van der Waals surface area contributed by atoms with Crippen molar-refractivity contribution in [1.29, 1.82) is 0 Å². The lowest BCUT2D eigenvalue weighted by Gasteiger charge is -2.02. The third-order valence-corrected chi connectivity index (χ3v) is 2.30. The number of aliphatic hydroxyl groups excluding tert-OH is 1. The maximum absolute atomic E-state index is 8.73. The summed E-state index contributed by atoms with van der Waals surface area (Å²) >= 11 is 0. The Morgan fingerprint density at radius 1 is 1.29 bits per heavy atom. The number of hydrogen-bond acceptors (Lipinski definition) is 5. The number of rotatable bonds is 7. The standard InChI is InChI=1S/C10H16N6O/c17-7-6-16-9-10(13-14-16)8-11-3-5-15-4-1-2-12-15/h1-2,4,9,11,17H,3,5-8H2. The summed E-state index contributed by atoms with van der Waals surface area (Å²) in [5.41, 5.74) is 0.874. The summed E-state index contributed by atoms with van der Waals surface area (Å²) in [6.45, 7) is 2.90. The fourth-order valence-corrected chi connectivity index (χ4v) is 1.47. The average molecular weight is 236 g/mol. The lowest BCUT2D eigenvalue weighted by atomic mass is 10.4. The van der Waals surface area contributed by atoms with Crippen LogP contribution >= 0.6 is 0 Å². The summed E-state index contributed by atoms with van der Waals surface area (Å²) in [5.74, 6) is 0. The summed E-state index contributed by atoms with van der Waals surface area (Å²) in [7, 11) is 0. The molecule has 0 saturated heterocycles. The number of nitrogens with zero attached hydrogens (tertiary/aromatic N) is 5. The van der Waals surface area contributed by atoms with Crippen LogP contribution in [0, 0.1) is 0 Å². The quantitative estimate of drug-likeness (QED) is 0.619. The molecule has 0 saturated carbocycles. The van der Waals surface area contributed by atoms with E-state index in [0.29, 0.717) is 13.1 Å². The molecule has 2 aromatic heterocycles. The molecule has 0 aliphatic rings. The Bertz CT molecular complexity index is 424. The van der Waals surface area contributed by atoms with E-state index < -0.39 is 0 Å². The first-order valence-electron chi connectivity index (χ1n) is 5.56. The third-order valence-electron chi connectivity index (χ3n) is 2.30. The van der Waals surface area contributed by atoms with Gasteiger partial charge in [-0.2, -0.15) is 5.10 Å². The molecule has 2 N–H and O–H groups in total. The Morgan fingerprint density at radius 2 is 2.24 bits per heavy atom. The Hall–Kier alpha value is -1.73. The van der Waals surface area contributed by atoms with Crippen LogP contribution in [-0.2, 0) is 19.6 Å². The highest BCUT2D eigenvalue weighted by Gasteiger charge is 1.99. The second kappa shape index (κ2) is 6.12. The van der Waals surface area contributed by atoms with E-state index in [4.69, 9.17) is 5.11 Å². The van der Waals surface area contributed by atoms with Crippen molar-refractivity contribution >= 4 is 0 Å². The number of hydrogen-bond donors (Lipinski definition) is 2. The minimum atomic E-state index is 0.0789. The molecule has 0 bridgehead atoms. The van der Waals surface area contributed by atoms with Gasteiger partial charge in [-0.1, -0.05) is 5.21 Å². The molecule has 7 nitrogen and oxygen atoms in total. The zero-order valence-electron chi connectivity index (χ0n) is 9.53. The van der Waals surface area contributed by atoms with Crippen LogP contribution in [0.5, 0.6) is 0 Å². The van der Waals surface area contributed by atoms with Crippen molar-refractivity contribution < 1.29 is 5.11 Å². The van der Waals surface area contributed by atoms with Gasteiger partial charge in [-0.3, -0.25) is 4.68 Å². The van der Waals surface area contributed by atoms with E-state index in [1.165, 1.54) is 0 Å². The highest BCUT2D eigenvalue weighted by molar-refractivity contribution is 4.91. The van der Waals surface area contributed by atoms with Crippen molar-refractivity contribution in [2.45, 2.75) is 19.6 Å². The fraction of sp³-hybridized carbons (Fsp3) is 0.500. The first-order chi connectivity index (χ1) is 8.38. The van der Waals surface area contributed by atoms with Crippen molar-refractivity contribution in [3.8, 4) is 0 Å². The third kappa shape index (κ3) is 3.65. The van der Waals surface area contributed by atoms with Gasteiger partial charge in [0, 0.05) is 31.7 Å². The minimum absolute atomic E-state index is 0.0789. The Labute approximate surface area is 99.1 Å². The van der Waals surface area contributed by atoms with Gasteiger partial charge in [0.1, 0.15) is 0 Å². The molecule has 0 aliphatic carbocycles. The van der Waals surface area contributed by atoms with E-state index in [2.05, 4.69) is 20.7 Å².